The van der Waals surface area contributed by atoms with Crippen molar-refractivity contribution in [1.29, 1.82) is 0 Å². The van der Waals surface area contributed by atoms with E-state index in [2.05, 4.69) is 4.98 Å². The molecule has 1 aliphatic heterocycles. The zero-order valence-corrected chi connectivity index (χ0v) is 19.6. The summed E-state index contributed by atoms with van der Waals surface area (Å²) in [6.07, 6.45) is 0. The lowest BCUT2D eigenvalue weighted by Gasteiger charge is -2.27. The maximum Gasteiger partial charge on any atom is 0.294 e. The van der Waals surface area contributed by atoms with Crippen molar-refractivity contribution in [2.24, 2.45) is 0 Å². The lowest BCUT2D eigenvalue weighted by atomic mass is 9.94. The highest BCUT2D eigenvalue weighted by atomic mass is 32.1. The Bertz CT molecular complexity index is 1550. The Morgan fingerprint density at radius 1 is 1.00 bits per heavy atom. The molecule has 4 aromatic rings. The summed E-state index contributed by atoms with van der Waals surface area (Å²) in [5.74, 6) is -4.59. The van der Waals surface area contributed by atoms with Crippen LogP contribution in [0, 0.1) is 18.6 Å². The third-order valence-electron chi connectivity index (χ3n) is 5.83. The Morgan fingerprint density at radius 2 is 1.75 bits per heavy atom. The Hall–Kier alpha value is -4.37. The minimum Gasteiger partial charge on any atom is -0.508 e. The number of anilines is 1. The van der Waals surface area contributed by atoms with Crippen LogP contribution in [-0.4, -0.2) is 26.9 Å². The highest BCUT2D eigenvalue weighted by Crippen LogP contribution is 2.44. The predicted octanol–water partition coefficient (Wildman–Crippen LogP) is 5.89. The van der Waals surface area contributed by atoms with Crippen LogP contribution in [0.5, 0.6) is 5.75 Å². The van der Waals surface area contributed by atoms with E-state index in [1.165, 1.54) is 24.3 Å². The molecule has 3 aromatic carbocycles. The number of benzene rings is 3. The standard InChI is InChI=1S/C27H18F2N2O4S/c1-14-25(36-26(30-14)15-6-3-2-4-7-15)23(33)21-22(16-8-5-9-18(32)12-16)31(27(35)24(21)34)20-11-10-17(28)13-19(20)29/h2-13,22,32,34H,1H3. The minimum atomic E-state index is -1.28. The molecule has 1 atom stereocenters. The van der Waals surface area contributed by atoms with Crippen molar-refractivity contribution < 1.29 is 28.6 Å². The average molecular weight is 505 g/mol. The second-order valence-corrected chi connectivity index (χ2v) is 9.16. The number of hydrogen-bond acceptors (Lipinski definition) is 6. The van der Waals surface area contributed by atoms with Crippen LogP contribution in [0.1, 0.15) is 27.0 Å². The van der Waals surface area contributed by atoms with Crippen LogP contribution >= 0.6 is 11.3 Å². The number of phenols is 1. The number of carbonyl (C=O) groups is 2. The number of carbonyl (C=O) groups excluding carboxylic acids is 2. The number of amides is 1. The average Bonchev–Trinajstić information content (AvgIpc) is 3.37. The number of thiazole rings is 1. The lowest BCUT2D eigenvalue weighted by Crippen LogP contribution is -2.31. The summed E-state index contributed by atoms with van der Waals surface area (Å²) in [6, 6.07) is 16.3. The fourth-order valence-corrected chi connectivity index (χ4v) is 5.23. The number of aliphatic hydroxyl groups excluding tert-OH is 1. The maximum atomic E-state index is 14.8. The van der Waals surface area contributed by atoms with Gasteiger partial charge in [-0.1, -0.05) is 42.5 Å². The first-order valence-electron chi connectivity index (χ1n) is 10.8. The summed E-state index contributed by atoms with van der Waals surface area (Å²) in [4.78, 5) is 32.6. The molecule has 0 fully saturated rings. The van der Waals surface area contributed by atoms with E-state index in [1.807, 2.05) is 30.3 Å². The quantitative estimate of drug-likeness (QED) is 0.331. The molecule has 1 aliphatic rings. The van der Waals surface area contributed by atoms with Crippen LogP contribution in [-0.2, 0) is 4.79 Å². The summed E-state index contributed by atoms with van der Waals surface area (Å²) in [6.45, 7) is 1.64. The van der Waals surface area contributed by atoms with E-state index >= 15 is 0 Å². The monoisotopic (exact) mass is 504 g/mol. The number of aromatic hydroxyl groups is 1. The molecule has 9 heteroatoms. The molecule has 6 nitrogen and oxygen atoms in total. The van der Waals surface area contributed by atoms with Gasteiger partial charge in [0.25, 0.3) is 5.91 Å². The predicted molar refractivity (Wildman–Crippen MR) is 131 cm³/mol. The minimum absolute atomic E-state index is 0.155. The molecule has 0 radical (unpaired) electrons. The number of rotatable bonds is 5. The zero-order chi connectivity index (χ0) is 25.6. The number of nitrogens with zero attached hydrogens (tertiary/aromatic N) is 2. The molecule has 0 saturated carbocycles. The van der Waals surface area contributed by atoms with Crippen molar-refractivity contribution in [1.82, 2.24) is 4.98 Å². The van der Waals surface area contributed by atoms with Gasteiger partial charge < -0.3 is 10.2 Å². The van der Waals surface area contributed by atoms with E-state index in [0.29, 0.717) is 16.8 Å². The van der Waals surface area contributed by atoms with Gasteiger partial charge in [-0.3, -0.25) is 14.5 Å². The number of aromatic nitrogens is 1. The van der Waals surface area contributed by atoms with Crippen LogP contribution in [0.25, 0.3) is 10.6 Å². The highest BCUT2D eigenvalue weighted by Gasteiger charge is 2.46. The summed E-state index contributed by atoms with van der Waals surface area (Å²) >= 11 is 1.10. The molecule has 0 bridgehead atoms. The highest BCUT2D eigenvalue weighted by molar-refractivity contribution is 7.17. The van der Waals surface area contributed by atoms with E-state index in [9.17, 15) is 28.6 Å². The van der Waals surface area contributed by atoms with Gasteiger partial charge in [0.1, 0.15) is 22.4 Å². The molecule has 0 spiro atoms. The van der Waals surface area contributed by atoms with Gasteiger partial charge in [0.15, 0.2) is 5.76 Å². The smallest absolute Gasteiger partial charge is 0.294 e. The molecule has 180 valence electrons. The first-order valence-corrected chi connectivity index (χ1v) is 11.7. The van der Waals surface area contributed by atoms with E-state index < -0.39 is 35.1 Å². The van der Waals surface area contributed by atoms with Crippen LogP contribution in [0.4, 0.5) is 14.5 Å². The molecule has 0 saturated heterocycles. The van der Waals surface area contributed by atoms with Crippen molar-refractivity contribution in [3.8, 4) is 16.3 Å². The van der Waals surface area contributed by atoms with Crippen molar-refractivity contribution in [2.45, 2.75) is 13.0 Å². The number of ketones is 1. The van der Waals surface area contributed by atoms with E-state index in [1.54, 1.807) is 6.92 Å². The maximum absolute atomic E-state index is 14.8. The van der Waals surface area contributed by atoms with Crippen LogP contribution in [0.15, 0.2) is 84.1 Å². The van der Waals surface area contributed by atoms with Gasteiger partial charge in [0.2, 0.25) is 5.78 Å². The fourth-order valence-electron chi connectivity index (χ4n) is 4.21. The van der Waals surface area contributed by atoms with Crippen molar-refractivity contribution >= 4 is 28.7 Å². The molecule has 1 unspecified atom stereocenters. The normalized spacial score (nSPS) is 15.6. The topological polar surface area (TPSA) is 90.7 Å². The number of aliphatic hydroxyl groups is 1. The number of hydrogen-bond donors (Lipinski definition) is 2. The number of aryl methyl sites for hydroxylation is 1. The molecule has 0 aliphatic carbocycles. The molecule has 1 amide bonds. The van der Waals surface area contributed by atoms with E-state index in [-0.39, 0.29) is 27.5 Å². The van der Waals surface area contributed by atoms with E-state index in [0.717, 1.165) is 33.9 Å². The van der Waals surface area contributed by atoms with E-state index in [4.69, 9.17) is 0 Å². The van der Waals surface area contributed by atoms with Gasteiger partial charge >= 0.3 is 0 Å². The first-order chi connectivity index (χ1) is 17.3. The second-order valence-electron chi connectivity index (χ2n) is 8.16. The van der Waals surface area contributed by atoms with Gasteiger partial charge in [-0.2, -0.15) is 0 Å². The lowest BCUT2D eigenvalue weighted by molar-refractivity contribution is -0.117. The summed E-state index contributed by atoms with van der Waals surface area (Å²) in [5, 5.41) is 21.5. The number of Topliss-reactive ketones (excluding diaryl/α,β-unsaturated/α-hetero) is 1. The zero-order valence-electron chi connectivity index (χ0n) is 18.8. The van der Waals surface area contributed by atoms with Gasteiger partial charge in [0, 0.05) is 11.6 Å². The molecule has 2 N–H and O–H groups in total. The summed E-state index contributed by atoms with van der Waals surface area (Å²) < 4.78 is 28.4. The third kappa shape index (κ3) is 3.93. The van der Waals surface area contributed by atoms with Crippen molar-refractivity contribution in [3.63, 3.8) is 0 Å². The first kappa shape index (κ1) is 23.4. The van der Waals surface area contributed by atoms with Crippen LogP contribution in [0.3, 0.4) is 0 Å². The van der Waals surface area contributed by atoms with Crippen LogP contribution < -0.4 is 4.90 Å². The van der Waals surface area contributed by atoms with Gasteiger partial charge in [-0.25, -0.2) is 13.8 Å². The molecule has 1 aromatic heterocycles. The van der Waals surface area contributed by atoms with Gasteiger partial charge in [0.05, 0.1) is 27.9 Å². The van der Waals surface area contributed by atoms with Crippen molar-refractivity contribution in [3.05, 3.63) is 112 Å². The Morgan fingerprint density at radius 3 is 2.44 bits per heavy atom. The van der Waals surface area contributed by atoms with Crippen molar-refractivity contribution in [2.75, 3.05) is 4.90 Å². The SMILES string of the molecule is Cc1nc(-c2ccccc2)sc1C(=O)C1=C(O)C(=O)N(c2ccc(F)cc2F)C1c1cccc(O)c1. The summed E-state index contributed by atoms with van der Waals surface area (Å²) in [7, 11) is 0. The molecule has 2 heterocycles. The molecular weight excluding hydrogens is 486 g/mol. The molecule has 5 rings (SSSR count). The number of phenolic OH excluding ortho intramolecular Hbond substituents is 1. The van der Waals surface area contributed by atoms with Gasteiger partial charge in [-0.15, -0.1) is 11.3 Å². The largest absolute Gasteiger partial charge is 0.508 e. The number of halogens is 2. The Labute approximate surface area is 208 Å². The Kier molecular flexibility index (Phi) is 5.85. The van der Waals surface area contributed by atoms with Gasteiger partial charge in [-0.05, 0) is 36.8 Å². The molecular formula is C27H18F2N2O4S. The third-order valence-corrected chi connectivity index (χ3v) is 7.04. The summed E-state index contributed by atoms with van der Waals surface area (Å²) in [5.41, 5.74) is 0.836. The fraction of sp³-hybridized carbons (Fsp3) is 0.0741. The Balaban J connectivity index is 1.66. The van der Waals surface area contributed by atoms with Crippen LogP contribution in [0.2, 0.25) is 0 Å². The molecule has 36 heavy (non-hydrogen) atoms. The second kappa shape index (κ2) is 9.01.